The molecule has 0 aliphatic carbocycles. The van der Waals surface area contributed by atoms with E-state index < -0.39 is 21.4 Å². The molecule has 4 rings (SSSR count). The Balaban J connectivity index is 1.60. The van der Waals surface area contributed by atoms with E-state index in [4.69, 9.17) is 8.83 Å². The monoisotopic (exact) mass is 402 g/mol. The van der Waals surface area contributed by atoms with Gasteiger partial charge in [0.2, 0.25) is 10.0 Å². The van der Waals surface area contributed by atoms with Gasteiger partial charge in [0.1, 0.15) is 16.9 Å². The number of sulfonamides is 1. The first-order valence-electron chi connectivity index (χ1n) is 8.48. The zero-order valence-electron chi connectivity index (χ0n) is 15.2. The molecule has 2 aromatic carbocycles. The zero-order chi connectivity index (χ0) is 20.1. The highest BCUT2D eigenvalue weighted by Crippen LogP contribution is 2.28. The van der Waals surface area contributed by atoms with Gasteiger partial charge in [0.05, 0.1) is 10.4 Å². The van der Waals surface area contributed by atoms with Gasteiger partial charge in [0.15, 0.2) is 5.58 Å². The van der Waals surface area contributed by atoms with E-state index in [1.807, 2.05) is 18.2 Å². The van der Waals surface area contributed by atoms with Crippen molar-refractivity contribution in [2.75, 3.05) is 6.54 Å². The number of nitrogens with one attached hydrogen (secondary N) is 1. The fourth-order valence-electron chi connectivity index (χ4n) is 2.93. The van der Waals surface area contributed by atoms with Gasteiger partial charge in [0.25, 0.3) is 0 Å². The second-order valence-corrected chi connectivity index (χ2v) is 8.57. The minimum Gasteiger partial charge on any atom is -0.458 e. The molecule has 0 amide bonds. The summed E-state index contributed by atoms with van der Waals surface area (Å²) in [5.41, 5.74) is -0.303. The maximum Gasteiger partial charge on any atom is 0.419 e. The average molecular weight is 402 g/mol. The van der Waals surface area contributed by atoms with Crippen LogP contribution in [0.5, 0.6) is 0 Å². The maximum absolute atomic E-state index is 12.7. The van der Waals surface area contributed by atoms with E-state index >= 15 is 0 Å². The third-order valence-electron chi connectivity index (χ3n) is 4.64. The van der Waals surface area contributed by atoms with Crippen LogP contribution in [0.2, 0.25) is 0 Å². The number of fused-ring (bicyclic) bond motifs is 2. The number of para-hydroxylation sites is 1. The molecule has 146 valence electrons. The van der Waals surface area contributed by atoms with Crippen molar-refractivity contribution in [3.05, 3.63) is 64.8 Å². The van der Waals surface area contributed by atoms with Gasteiger partial charge in [-0.1, -0.05) is 18.2 Å². The van der Waals surface area contributed by atoms with E-state index in [9.17, 15) is 18.3 Å². The molecule has 0 fully saturated rings. The van der Waals surface area contributed by atoms with E-state index in [1.54, 1.807) is 12.1 Å². The molecule has 28 heavy (non-hydrogen) atoms. The minimum atomic E-state index is -3.94. The van der Waals surface area contributed by atoms with Crippen molar-refractivity contribution < 1.29 is 22.4 Å². The van der Waals surface area contributed by atoms with E-state index in [-0.39, 0.29) is 17.2 Å². The predicted molar refractivity (Wildman–Crippen MR) is 102 cm³/mol. The molecule has 9 heteroatoms. The van der Waals surface area contributed by atoms with Crippen LogP contribution in [0.1, 0.15) is 12.7 Å². The van der Waals surface area contributed by atoms with E-state index in [1.165, 1.54) is 36.7 Å². The molecule has 1 unspecified atom stereocenters. The molecule has 0 bridgehead atoms. The van der Waals surface area contributed by atoms with Crippen molar-refractivity contribution in [2.24, 2.45) is 7.05 Å². The Bertz CT molecular complexity index is 1310. The van der Waals surface area contributed by atoms with Crippen LogP contribution in [-0.2, 0) is 22.7 Å². The summed E-state index contributed by atoms with van der Waals surface area (Å²) in [7, 11) is -2.45. The highest BCUT2D eigenvalue weighted by atomic mass is 32.2. The predicted octanol–water partition coefficient (Wildman–Crippen LogP) is 2.06. The number of aryl methyl sites for hydroxylation is 1. The van der Waals surface area contributed by atoms with Gasteiger partial charge in [-0.05, 0) is 37.3 Å². The molecule has 0 saturated heterocycles. The summed E-state index contributed by atoms with van der Waals surface area (Å²) in [5.74, 6) is -0.325. The summed E-state index contributed by atoms with van der Waals surface area (Å²) < 4.78 is 39.6. The van der Waals surface area contributed by atoms with Crippen LogP contribution in [0.15, 0.2) is 67.1 Å². The van der Waals surface area contributed by atoms with Gasteiger partial charge in [0, 0.05) is 19.0 Å². The number of aliphatic hydroxyl groups is 1. The molecule has 0 aliphatic rings. The molecule has 0 spiro atoms. The second kappa shape index (κ2) is 6.33. The van der Waals surface area contributed by atoms with Crippen LogP contribution in [-0.4, -0.2) is 24.6 Å². The maximum atomic E-state index is 12.7. The van der Waals surface area contributed by atoms with Gasteiger partial charge >= 0.3 is 5.76 Å². The van der Waals surface area contributed by atoms with Crippen molar-refractivity contribution in [2.45, 2.75) is 17.4 Å². The van der Waals surface area contributed by atoms with Crippen LogP contribution in [0.3, 0.4) is 0 Å². The molecule has 0 saturated carbocycles. The summed E-state index contributed by atoms with van der Waals surface area (Å²) in [6.07, 6.45) is 0. The van der Waals surface area contributed by atoms with E-state index in [2.05, 4.69) is 4.72 Å². The Morgan fingerprint density at radius 1 is 1.11 bits per heavy atom. The van der Waals surface area contributed by atoms with Crippen LogP contribution < -0.4 is 10.5 Å². The third-order valence-corrected chi connectivity index (χ3v) is 6.03. The van der Waals surface area contributed by atoms with E-state index in [0.29, 0.717) is 16.7 Å². The van der Waals surface area contributed by atoms with Crippen molar-refractivity contribution in [1.82, 2.24) is 9.29 Å². The fourth-order valence-corrected chi connectivity index (χ4v) is 4.08. The Hall–Kier alpha value is -2.88. The first-order chi connectivity index (χ1) is 13.2. The number of benzene rings is 2. The van der Waals surface area contributed by atoms with Gasteiger partial charge in [-0.15, -0.1) is 0 Å². The molecular weight excluding hydrogens is 384 g/mol. The number of oxazole rings is 1. The summed E-state index contributed by atoms with van der Waals surface area (Å²) in [6.45, 7) is 1.17. The molecule has 8 nitrogen and oxygen atoms in total. The van der Waals surface area contributed by atoms with Crippen molar-refractivity contribution in [3.63, 3.8) is 0 Å². The van der Waals surface area contributed by atoms with Crippen LogP contribution >= 0.6 is 0 Å². The number of furan rings is 1. The van der Waals surface area contributed by atoms with E-state index in [0.717, 1.165) is 5.39 Å². The van der Waals surface area contributed by atoms with Gasteiger partial charge in [-0.2, -0.15) is 0 Å². The molecule has 2 heterocycles. The molecule has 0 aliphatic heterocycles. The quantitative estimate of drug-likeness (QED) is 0.528. The second-order valence-electron chi connectivity index (χ2n) is 6.80. The fraction of sp³-hybridized carbons (Fsp3) is 0.211. The van der Waals surface area contributed by atoms with Crippen molar-refractivity contribution in [1.29, 1.82) is 0 Å². The van der Waals surface area contributed by atoms with Crippen LogP contribution in [0.4, 0.5) is 0 Å². The molecular formula is C19H18N2O6S. The van der Waals surface area contributed by atoms with Crippen molar-refractivity contribution >= 4 is 32.1 Å². The Labute approximate surface area is 160 Å². The average Bonchev–Trinajstić information content (AvgIpc) is 3.22. The lowest BCUT2D eigenvalue weighted by molar-refractivity contribution is 0.0412. The lowest BCUT2D eigenvalue weighted by Gasteiger charge is -2.21. The summed E-state index contributed by atoms with van der Waals surface area (Å²) >= 11 is 0. The van der Waals surface area contributed by atoms with Gasteiger partial charge < -0.3 is 13.9 Å². The number of aromatic nitrogens is 1. The largest absolute Gasteiger partial charge is 0.458 e. The molecule has 0 radical (unpaired) electrons. The van der Waals surface area contributed by atoms with Crippen molar-refractivity contribution in [3.8, 4) is 0 Å². The normalized spacial score (nSPS) is 14.5. The first kappa shape index (κ1) is 18.5. The molecule has 2 N–H and O–H groups in total. The Morgan fingerprint density at radius 3 is 2.61 bits per heavy atom. The first-order valence-corrected chi connectivity index (χ1v) is 9.96. The van der Waals surface area contributed by atoms with Crippen LogP contribution in [0, 0.1) is 0 Å². The number of hydrogen-bond acceptors (Lipinski definition) is 6. The highest BCUT2D eigenvalue weighted by Gasteiger charge is 2.30. The van der Waals surface area contributed by atoms with Gasteiger partial charge in [-0.3, -0.25) is 4.57 Å². The third kappa shape index (κ3) is 3.13. The topological polar surface area (TPSA) is 115 Å². The summed E-state index contributed by atoms with van der Waals surface area (Å²) in [6, 6.07) is 13.0. The molecule has 4 aromatic rings. The SMILES string of the molecule is Cn1c(=O)oc2ccc(S(=O)(=O)NCC(C)(O)c3cc4ccccc4o3)cc21. The molecule has 2 aromatic heterocycles. The number of hydrogen-bond donors (Lipinski definition) is 2. The lowest BCUT2D eigenvalue weighted by Crippen LogP contribution is -2.38. The highest BCUT2D eigenvalue weighted by molar-refractivity contribution is 7.89. The summed E-state index contributed by atoms with van der Waals surface area (Å²) in [5, 5.41) is 11.5. The smallest absolute Gasteiger partial charge is 0.419 e. The molecule has 1 atom stereocenters. The number of nitrogens with zero attached hydrogens (tertiary/aromatic N) is 1. The number of rotatable bonds is 5. The zero-order valence-corrected chi connectivity index (χ0v) is 16.0. The Kier molecular flexibility index (Phi) is 4.18. The van der Waals surface area contributed by atoms with Gasteiger partial charge in [-0.25, -0.2) is 17.9 Å². The minimum absolute atomic E-state index is 0.0446. The van der Waals surface area contributed by atoms with Crippen LogP contribution in [0.25, 0.3) is 22.1 Å². The lowest BCUT2D eigenvalue weighted by atomic mass is 10.0. The Morgan fingerprint density at radius 2 is 1.86 bits per heavy atom. The standard InChI is InChI=1S/C19H18N2O6S/c1-19(23,17-9-12-5-3-4-6-15(12)26-17)11-20-28(24,25)13-7-8-16-14(10-13)21(2)18(22)27-16/h3-10,20,23H,11H2,1-2H3. The summed E-state index contributed by atoms with van der Waals surface area (Å²) in [4.78, 5) is 11.5.